The van der Waals surface area contributed by atoms with Crippen molar-refractivity contribution < 1.29 is 14.2 Å². The molecule has 0 aromatic heterocycles. The van der Waals surface area contributed by atoms with E-state index in [1.807, 2.05) is 38.1 Å². The van der Waals surface area contributed by atoms with E-state index in [0.29, 0.717) is 13.2 Å². The molecule has 1 aliphatic rings. The predicted molar refractivity (Wildman–Crippen MR) is 57.4 cm³/mol. The van der Waals surface area contributed by atoms with Crippen molar-refractivity contribution in [2.24, 2.45) is 0 Å². The van der Waals surface area contributed by atoms with Gasteiger partial charge in [0.05, 0.1) is 12.7 Å². The maximum absolute atomic E-state index is 5.73. The summed E-state index contributed by atoms with van der Waals surface area (Å²) in [6.45, 7) is 5.16. The second kappa shape index (κ2) is 4.53. The Kier molecular flexibility index (Phi) is 3.11. The summed E-state index contributed by atoms with van der Waals surface area (Å²) in [4.78, 5) is 0. The number of rotatable bonds is 3. The van der Waals surface area contributed by atoms with Gasteiger partial charge in [-0.25, -0.2) is 0 Å². The molecule has 0 saturated carbocycles. The van der Waals surface area contributed by atoms with Gasteiger partial charge >= 0.3 is 0 Å². The van der Waals surface area contributed by atoms with Gasteiger partial charge in [-0.1, -0.05) is 12.1 Å². The second-order valence-corrected chi connectivity index (χ2v) is 3.88. The molecule has 0 spiro atoms. The highest BCUT2D eigenvalue weighted by Crippen LogP contribution is 2.30. The summed E-state index contributed by atoms with van der Waals surface area (Å²) in [6, 6.07) is 7.70. The van der Waals surface area contributed by atoms with Gasteiger partial charge in [0.1, 0.15) is 6.61 Å². The Balaban J connectivity index is 1.94. The predicted octanol–water partition coefficient (Wildman–Crippen LogP) is 2.25. The lowest BCUT2D eigenvalue weighted by atomic mass is 10.2. The lowest BCUT2D eigenvalue weighted by Crippen LogP contribution is -2.34. The molecule has 0 saturated heterocycles. The molecular weight excluding hydrogens is 192 g/mol. The highest BCUT2D eigenvalue weighted by Gasteiger charge is 2.20. The molecule has 0 fully saturated rings. The third-order valence-electron chi connectivity index (χ3n) is 2.18. The third kappa shape index (κ3) is 2.63. The maximum Gasteiger partial charge on any atom is 0.161 e. The van der Waals surface area contributed by atoms with Crippen molar-refractivity contribution in [2.45, 2.75) is 26.1 Å². The van der Waals surface area contributed by atoms with Crippen LogP contribution in [0.5, 0.6) is 11.5 Å². The van der Waals surface area contributed by atoms with Gasteiger partial charge in [0, 0.05) is 0 Å². The van der Waals surface area contributed by atoms with Crippen LogP contribution in [0, 0.1) is 0 Å². The molecule has 82 valence electrons. The van der Waals surface area contributed by atoms with Crippen molar-refractivity contribution in [3.8, 4) is 11.5 Å². The average Bonchev–Trinajstić information content (AvgIpc) is 2.26. The van der Waals surface area contributed by atoms with Crippen LogP contribution in [-0.4, -0.2) is 25.4 Å². The second-order valence-electron chi connectivity index (χ2n) is 3.88. The van der Waals surface area contributed by atoms with E-state index in [4.69, 9.17) is 14.2 Å². The summed E-state index contributed by atoms with van der Waals surface area (Å²) >= 11 is 0. The fraction of sp³-hybridized carbons (Fsp3) is 0.500. The minimum atomic E-state index is 0.00213. The van der Waals surface area contributed by atoms with E-state index in [-0.39, 0.29) is 12.2 Å². The van der Waals surface area contributed by atoms with Gasteiger partial charge in [0.15, 0.2) is 17.6 Å². The molecule has 1 aromatic rings. The van der Waals surface area contributed by atoms with E-state index in [1.165, 1.54) is 0 Å². The smallest absolute Gasteiger partial charge is 0.161 e. The highest BCUT2D eigenvalue weighted by molar-refractivity contribution is 5.40. The van der Waals surface area contributed by atoms with E-state index in [9.17, 15) is 0 Å². The minimum Gasteiger partial charge on any atom is -0.486 e. The quantitative estimate of drug-likeness (QED) is 0.762. The molecular formula is C12H16O3. The Labute approximate surface area is 90.0 Å². The lowest BCUT2D eigenvalue weighted by molar-refractivity contribution is -0.0137. The topological polar surface area (TPSA) is 27.7 Å². The summed E-state index contributed by atoms with van der Waals surface area (Å²) in [7, 11) is 0. The van der Waals surface area contributed by atoms with E-state index in [1.54, 1.807) is 0 Å². The zero-order valence-electron chi connectivity index (χ0n) is 9.10. The molecule has 1 unspecified atom stereocenters. The average molecular weight is 208 g/mol. The SMILES string of the molecule is CC(C)OCC1COc2ccccc2O1. The molecule has 0 aliphatic carbocycles. The van der Waals surface area contributed by atoms with Gasteiger partial charge in [-0.2, -0.15) is 0 Å². The Hall–Kier alpha value is -1.22. The van der Waals surface area contributed by atoms with Crippen molar-refractivity contribution in [3.63, 3.8) is 0 Å². The number of hydrogen-bond donors (Lipinski definition) is 0. The maximum atomic E-state index is 5.73. The van der Waals surface area contributed by atoms with Crippen molar-refractivity contribution in [2.75, 3.05) is 13.2 Å². The van der Waals surface area contributed by atoms with Crippen LogP contribution in [0.15, 0.2) is 24.3 Å². The molecule has 0 bridgehead atoms. The number of para-hydroxylation sites is 2. The summed E-state index contributed by atoms with van der Waals surface area (Å²) in [5.74, 6) is 1.62. The van der Waals surface area contributed by atoms with Crippen molar-refractivity contribution in [3.05, 3.63) is 24.3 Å². The summed E-state index contributed by atoms with van der Waals surface area (Å²) in [5.41, 5.74) is 0. The molecule has 3 nitrogen and oxygen atoms in total. The first-order chi connectivity index (χ1) is 7.25. The molecule has 1 atom stereocenters. The normalized spacial score (nSPS) is 19.3. The van der Waals surface area contributed by atoms with E-state index in [2.05, 4.69) is 0 Å². The van der Waals surface area contributed by atoms with Crippen molar-refractivity contribution in [1.29, 1.82) is 0 Å². The molecule has 0 amide bonds. The number of fused-ring (bicyclic) bond motifs is 1. The Morgan fingerprint density at radius 1 is 1.33 bits per heavy atom. The Morgan fingerprint density at radius 2 is 2.07 bits per heavy atom. The van der Waals surface area contributed by atoms with Gasteiger partial charge in [0.25, 0.3) is 0 Å². The van der Waals surface area contributed by atoms with Crippen LogP contribution in [-0.2, 0) is 4.74 Å². The van der Waals surface area contributed by atoms with Gasteiger partial charge in [-0.15, -0.1) is 0 Å². The first-order valence-electron chi connectivity index (χ1n) is 5.26. The van der Waals surface area contributed by atoms with Gasteiger partial charge in [-0.3, -0.25) is 0 Å². The van der Waals surface area contributed by atoms with Gasteiger partial charge < -0.3 is 14.2 Å². The molecule has 1 heterocycles. The summed E-state index contributed by atoms with van der Waals surface area (Å²) < 4.78 is 16.8. The van der Waals surface area contributed by atoms with Crippen LogP contribution in [0.1, 0.15) is 13.8 Å². The Morgan fingerprint density at radius 3 is 2.80 bits per heavy atom. The van der Waals surface area contributed by atoms with Crippen molar-refractivity contribution >= 4 is 0 Å². The zero-order valence-corrected chi connectivity index (χ0v) is 9.10. The number of hydrogen-bond acceptors (Lipinski definition) is 3. The zero-order chi connectivity index (χ0) is 10.7. The number of benzene rings is 1. The first kappa shape index (κ1) is 10.3. The summed E-state index contributed by atoms with van der Waals surface area (Å²) in [6.07, 6.45) is 0.230. The molecule has 3 heteroatoms. The van der Waals surface area contributed by atoms with Crippen LogP contribution in [0.2, 0.25) is 0 Å². The Bertz CT molecular complexity index is 322. The monoisotopic (exact) mass is 208 g/mol. The lowest BCUT2D eigenvalue weighted by Gasteiger charge is -2.26. The van der Waals surface area contributed by atoms with Crippen LogP contribution < -0.4 is 9.47 Å². The van der Waals surface area contributed by atoms with Crippen LogP contribution in [0.3, 0.4) is 0 Å². The molecule has 1 aliphatic heterocycles. The fourth-order valence-corrected chi connectivity index (χ4v) is 1.44. The summed E-state index contributed by atoms with van der Waals surface area (Å²) in [5, 5.41) is 0. The van der Waals surface area contributed by atoms with E-state index >= 15 is 0 Å². The van der Waals surface area contributed by atoms with Crippen LogP contribution >= 0.6 is 0 Å². The molecule has 0 N–H and O–H groups in total. The van der Waals surface area contributed by atoms with Crippen molar-refractivity contribution in [1.82, 2.24) is 0 Å². The highest BCUT2D eigenvalue weighted by atomic mass is 16.6. The fourth-order valence-electron chi connectivity index (χ4n) is 1.44. The molecule has 0 radical (unpaired) electrons. The largest absolute Gasteiger partial charge is 0.486 e. The van der Waals surface area contributed by atoms with Crippen LogP contribution in [0.4, 0.5) is 0 Å². The van der Waals surface area contributed by atoms with E-state index < -0.39 is 0 Å². The molecule has 15 heavy (non-hydrogen) atoms. The molecule has 1 aromatic carbocycles. The van der Waals surface area contributed by atoms with Gasteiger partial charge in [0.2, 0.25) is 0 Å². The first-order valence-corrected chi connectivity index (χ1v) is 5.26. The minimum absolute atomic E-state index is 0.00213. The molecule has 2 rings (SSSR count). The third-order valence-corrected chi connectivity index (χ3v) is 2.18. The van der Waals surface area contributed by atoms with Gasteiger partial charge in [-0.05, 0) is 26.0 Å². The van der Waals surface area contributed by atoms with Crippen LogP contribution in [0.25, 0.3) is 0 Å². The number of ether oxygens (including phenoxy) is 3. The van der Waals surface area contributed by atoms with E-state index in [0.717, 1.165) is 11.5 Å². The standard InChI is InChI=1S/C12H16O3/c1-9(2)13-7-10-8-14-11-5-3-4-6-12(11)15-10/h3-6,9-10H,7-8H2,1-2H3.